The molecule has 0 unspecified atom stereocenters. The molecular formula is C25H35N3O5. The first kappa shape index (κ1) is 23.5. The predicted molar refractivity (Wildman–Crippen MR) is 124 cm³/mol. The summed E-state index contributed by atoms with van der Waals surface area (Å²) in [6.45, 7) is 0.301. The number of rotatable bonds is 4. The van der Waals surface area contributed by atoms with Crippen molar-refractivity contribution < 1.29 is 23.9 Å². The van der Waals surface area contributed by atoms with Crippen LogP contribution in [0.1, 0.15) is 61.7 Å². The van der Waals surface area contributed by atoms with Crippen molar-refractivity contribution in [3.63, 3.8) is 0 Å². The van der Waals surface area contributed by atoms with Gasteiger partial charge in [-0.05, 0) is 43.9 Å². The number of hydrogen-bond donors (Lipinski definition) is 1. The molecule has 3 atom stereocenters. The van der Waals surface area contributed by atoms with Crippen molar-refractivity contribution in [3.8, 4) is 5.75 Å². The summed E-state index contributed by atoms with van der Waals surface area (Å²) in [5.74, 6) is 0.433. The third-order valence-corrected chi connectivity index (χ3v) is 7.16. The van der Waals surface area contributed by atoms with Gasteiger partial charge in [-0.2, -0.15) is 0 Å². The summed E-state index contributed by atoms with van der Waals surface area (Å²) in [5, 5.41) is 3.00. The van der Waals surface area contributed by atoms with Crippen LogP contribution in [0.25, 0.3) is 0 Å². The zero-order valence-corrected chi connectivity index (χ0v) is 19.8. The number of nitrogens with one attached hydrogen (secondary N) is 1. The van der Waals surface area contributed by atoms with Crippen LogP contribution in [-0.2, 0) is 14.3 Å². The number of carbonyl (C=O) groups excluding carboxylic acids is 3. The molecule has 0 radical (unpaired) electrons. The fourth-order valence-corrected chi connectivity index (χ4v) is 5.09. The zero-order valence-electron chi connectivity index (χ0n) is 19.8. The molecule has 2 fully saturated rings. The second-order valence-corrected chi connectivity index (χ2v) is 9.70. The second kappa shape index (κ2) is 10.1. The molecule has 3 amide bonds. The third kappa shape index (κ3) is 5.32. The summed E-state index contributed by atoms with van der Waals surface area (Å²) in [4.78, 5) is 41.4. The van der Waals surface area contributed by atoms with E-state index in [1.54, 1.807) is 49.1 Å². The molecule has 1 aliphatic carbocycles. The first-order valence-corrected chi connectivity index (χ1v) is 12.0. The fraction of sp³-hybridized carbons (Fsp3) is 0.640. The van der Waals surface area contributed by atoms with Gasteiger partial charge in [-0.3, -0.25) is 14.4 Å². The Balaban J connectivity index is 1.47. The van der Waals surface area contributed by atoms with Crippen LogP contribution in [0.3, 0.4) is 0 Å². The molecule has 33 heavy (non-hydrogen) atoms. The highest BCUT2D eigenvalue weighted by atomic mass is 16.5. The Bertz CT molecular complexity index is 896. The van der Waals surface area contributed by atoms with Crippen molar-refractivity contribution >= 4 is 23.4 Å². The average Bonchev–Trinajstić information content (AvgIpc) is 2.82. The Kier molecular flexibility index (Phi) is 7.22. The number of benzene rings is 1. The van der Waals surface area contributed by atoms with Crippen molar-refractivity contribution in [1.29, 1.82) is 0 Å². The van der Waals surface area contributed by atoms with E-state index in [9.17, 15) is 14.4 Å². The van der Waals surface area contributed by atoms with Crippen LogP contribution in [0.2, 0.25) is 0 Å². The lowest BCUT2D eigenvalue weighted by Crippen LogP contribution is -2.53. The third-order valence-electron chi connectivity index (χ3n) is 7.16. The van der Waals surface area contributed by atoms with E-state index in [0.29, 0.717) is 36.4 Å². The molecule has 180 valence electrons. The number of fused-ring (bicyclic) bond motifs is 2. The lowest BCUT2D eigenvalue weighted by molar-refractivity contribution is -0.140. The van der Waals surface area contributed by atoms with Crippen LogP contribution >= 0.6 is 0 Å². The smallest absolute Gasteiger partial charge is 0.257 e. The summed E-state index contributed by atoms with van der Waals surface area (Å²) >= 11 is 0. The van der Waals surface area contributed by atoms with Crippen molar-refractivity contribution in [2.45, 2.75) is 69.6 Å². The van der Waals surface area contributed by atoms with Gasteiger partial charge in [-0.25, -0.2) is 0 Å². The largest absolute Gasteiger partial charge is 0.490 e. The molecule has 3 aliphatic rings. The van der Waals surface area contributed by atoms with Gasteiger partial charge in [0.1, 0.15) is 18.5 Å². The van der Waals surface area contributed by atoms with E-state index in [0.717, 1.165) is 32.1 Å². The molecule has 4 rings (SSSR count). The quantitative estimate of drug-likeness (QED) is 0.751. The zero-order chi connectivity index (χ0) is 23.5. The molecule has 1 aromatic rings. The predicted octanol–water partition coefficient (Wildman–Crippen LogP) is 3.06. The van der Waals surface area contributed by atoms with Gasteiger partial charge in [0.2, 0.25) is 11.8 Å². The van der Waals surface area contributed by atoms with Gasteiger partial charge in [-0.15, -0.1) is 0 Å². The summed E-state index contributed by atoms with van der Waals surface area (Å²) in [5.41, 5.74) is 1.07. The Morgan fingerprint density at radius 3 is 2.61 bits per heavy atom. The Hall–Kier alpha value is -2.61. The SMILES string of the molecule is CN(C)C(=O)C[C@@H]1CC[C@@H]2[C@@H](COc3ccc(NC(=O)C4CCCCC4)cc3C(=O)N2C)O1. The van der Waals surface area contributed by atoms with Crippen LogP contribution in [0.15, 0.2) is 18.2 Å². The standard InChI is InChI=1S/C25H35N3O5/c1-27(2)23(29)14-18-10-11-20-22(33-18)15-32-21-12-9-17(13-19(21)25(31)28(20)3)26-24(30)16-7-5-4-6-8-16/h9,12-13,16,18,20,22H,4-8,10-11,14-15H2,1-3H3,(H,26,30)/t18-,20+,22+/m0/s1. The summed E-state index contributed by atoms with van der Waals surface area (Å²) < 4.78 is 12.2. The first-order valence-electron chi connectivity index (χ1n) is 12.0. The van der Waals surface area contributed by atoms with Gasteiger partial charge < -0.3 is 24.6 Å². The van der Waals surface area contributed by atoms with Gasteiger partial charge in [0.15, 0.2) is 0 Å². The molecule has 2 heterocycles. The normalized spacial score (nSPS) is 25.7. The van der Waals surface area contributed by atoms with E-state index >= 15 is 0 Å². The molecule has 1 saturated heterocycles. The van der Waals surface area contributed by atoms with E-state index in [4.69, 9.17) is 9.47 Å². The van der Waals surface area contributed by atoms with Crippen LogP contribution in [0.4, 0.5) is 5.69 Å². The van der Waals surface area contributed by atoms with Crippen LogP contribution < -0.4 is 10.1 Å². The lowest BCUT2D eigenvalue weighted by atomic mass is 9.88. The molecule has 1 saturated carbocycles. The van der Waals surface area contributed by atoms with Crippen LogP contribution in [0, 0.1) is 5.92 Å². The van der Waals surface area contributed by atoms with Crippen molar-refractivity contribution in [3.05, 3.63) is 23.8 Å². The van der Waals surface area contributed by atoms with E-state index in [1.807, 2.05) is 0 Å². The van der Waals surface area contributed by atoms with Crippen LogP contribution in [-0.4, -0.2) is 73.5 Å². The molecule has 1 N–H and O–H groups in total. The van der Waals surface area contributed by atoms with Gasteiger partial charge in [0, 0.05) is 32.7 Å². The van der Waals surface area contributed by atoms with Crippen molar-refractivity contribution in [2.75, 3.05) is 33.1 Å². The van der Waals surface area contributed by atoms with Crippen molar-refractivity contribution in [2.24, 2.45) is 5.92 Å². The topological polar surface area (TPSA) is 88.2 Å². The number of nitrogens with zero attached hydrogens (tertiary/aromatic N) is 2. The van der Waals surface area contributed by atoms with Gasteiger partial charge >= 0.3 is 0 Å². The average molecular weight is 458 g/mol. The monoisotopic (exact) mass is 457 g/mol. The maximum Gasteiger partial charge on any atom is 0.257 e. The number of amides is 3. The summed E-state index contributed by atoms with van der Waals surface area (Å²) in [6.07, 6.45) is 6.53. The van der Waals surface area contributed by atoms with E-state index < -0.39 is 0 Å². The Labute approximate surface area is 195 Å². The number of carbonyl (C=O) groups is 3. The number of likely N-dealkylation sites (N-methyl/N-ethyl adjacent to an activating group) is 1. The highest BCUT2D eigenvalue weighted by Crippen LogP contribution is 2.33. The van der Waals surface area contributed by atoms with Crippen molar-refractivity contribution in [1.82, 2.24) is 9.80 Å². The van der Waals surface area contributed by atoms with Crippen LogP contribution in [0.5, 0.6) is 5.75 Å². The lowest BCUT2D eigenvalue weighted by Gasteiger charge is -2.42. The maximum absolute atomic E-state index is 13.3. The fourth-order valence-electron chi connectivity index (χ4n) is 5.09. The molecule has 0 bridgehead atoms. The number of anilines is 1. The minimum Gasteiger partial charge on any atom is -0.490 e. The van der Waals surface area contributed by atoms with E-state index in [2.05, 4.69) is 5.32 Å². The molecule has 1 aromatic carbocycles. The Morgan fingerprint density at radius 1 is 1.12 bits per heavy atom. The molecular weight excluding hydrogens is 422 g/mol. The highest BCUT2D eigenvalue weighted by Gasteiger charge is 2.39. The molecule has 0 aromatic heterocycles. The summed E-state index contributed by atoms with van der Waals surface area (Å²) in [7, 11) is 5.27. The molecule has 8 nitrogen and oxygen atoms in total. The molecule has 8 heteroatoms. The van der Waals surface area contributed by atoms with E-state index in [1.165, 1.54) is 6.42 Å². The van der Waals surface area contributed by atoms with E-state index in [-0.39, 0.29) is 41.9 Å². The first-order chi connectivity index (χ1) is 15.8. The minimum absolute atomic E-state index is 0.0290. The summed E-state index contributed by atoms with van der Waals surface area (Å²) in [6, 6.07) is 5.12. The van der Waals surface area contributed by atoms with Gasteiger partial charge in [-0.1, -0.05) is 19.3 Å². The highest BCUT2D eigenvalue weighted by molar-refractivity contribution is 6.00. The molecule has 0 spiro atoms. The van der Waals surface area contributed by atoms with Gasteiger partial charge in [0.05, 0.1) is 24.1 Å². The Morgan fingerprint density at radius 2 is 1.88 bits per heavy atom. The van der Waals surface area contributed by atoms with Gasteiger partial charge in [0.25, 0.3) is 5.91 Å². The minimum atomic E-state index is -0.300. The second-order valence-electron chi connectivity index (χ2n) is 9.70. The molecule has 2 aliphatic heterocycles. The maximum atomic E-state index is 13.3. The number of ether oxygens (including phenoxy) is 2. The number of hydrogen-bond acceptors (Lipinski definition) is 5.